The van der Waals surface area contributed by atoms with Gasteiger partial charge in [-0.3, -0.25) is 18.6 Å². The third kappa shape index (κ3) is 24.7. The summed E-state index contributed by atoms with van der Waals surface area (Å²) in [6.45, 7) is 2.68. The molecule has 0 aliphatic heterocycles. The number of phosphoric acid groups is 1. The first-order valence-electron chi connectivity index (χ1n) is 14.0. The molecular weight excluding hydrogens is 485 g/mol. The summed E-state index contributed by atoms with van der Waals surface area (Å²) in [6.07, 6.45) is 19.3. The third-order valence-electron chi connectivity index (χ3n) is 5.80. The van der Waals surface area contributed by atoms with E-state index in [1.54, 1.807) is 0 Å². The molecule has 0 spiro atoms. The van der Waals surface area contributed by atoms with Crippen LogP contribution < -0.4 is 5.73 Å². The van der Waals surface area contributed by atoms with Crippen molar-refractivity contribution in [3.05, 3.63) is 0 Å². The Labute approximate surface area is 218 Å². The number of carbonyl (C=O) groups is 2. The lowest BCUT2D eigenvalue weighted by atomic mass is 10.0. The van der Waals surface area contributed by atoms with E-state index in [0.717, 1.165) is 12.8 Å². The van der Waals surface area contributed by atoms with Crippen LogP contribution >= 0.6 is 7.82 Å². The van der Waals surface area contributed by atoms with Crippen molar-refractivity contribution in [3.8, 4) is 0 Å². The van der Waals surface area contributed by atoms with Gasteiger partial charge in [0.25, 0.3) is 0 Å². The van der Waals surface area contributed by atoms with Crippen LogP contribution in [0.5, 0.6) is 0 Å². The van der Waals surface area contributed by atoms with Crippen LogP contribution in [0.25, 0.3) is 0 Å². The summed E-state index contributed by atoms with van der Waals surface area (Å²) in [6, 6.07) is 0. The lowest BCUT2D eigenvalue weighted by Gasteiger charge is -2.19. The number of rotatable bonds is 26. The quantitative estimate of drug-likeness (QED) is 0.0750. The molecule has 2 atom stereocenters. The van der Waals surface area contributed by atoms with Crippen molar-refractivity contribution < 1.29 is 37.6 Å². The Morgan fingerprint density at radius 1 is 0.778 bits per heavy atom. The zero-order valence-corrected chi connectivity index (χ0v) is 23.7. The molecule has 2 unspecified atom stereocenters. The van der Waals surface area contributed by atoms with Crippen LogP contribution in [0.3, 0.4) is 0 Å². The van der Waals surface area contributed by atoms with Crippen LogP contribution in [0.1, 0.15) is 123 Å². The zero-order valence-electron chi connectivity index (χ0n) is 22.8. The molecule has 0 aliphatic rings. The summed E-state index contributed by atoms with van der Waals surface area (Å²) in [5.74, 6) is -1.02. The lowest BCUT2D eigenvalue weighted by Crippen LogP contribution is -2.29. The fourth-order valence-corrected chi connectivity index (χ4v) is 4.54. The average Bonchev–Trinajstić information content (AvgIpc) is 2.84. The summed E-state index contributed by atoms with van der Waals surface area (Å²) >= 11 is 0. The van der Waals surface area contributed by atoms with Gasteiger partial charge in [0.05, 0.1) is 13.2 Å². The molecule has 0 saturated carbocycles. The second-order valence-corrected chi connectivity index (χ2v) is 10.8. The molecule has 0 aliphatic carbocycles. The van der Waals surface area contributed by atoms with E-state index in [1.807, 2.05) is 0 Å². The van der Waals surface area contributed by atoms with Crippen LogP contribution in [0.4, 0.5) is 0 Å². The van der Waals surface area contributed by atoms with E-state index in [0.29, 0.717) is 6.42 Å². The van der Waals surface area contributed by atoms with Crippen molar-refractivity contribution in [2.45, 2.75) is 129 Å². The Hall–Kier alpha value is -0.990. The van der Waals surface area contributed by atoms with Gasteiger partial charge in [-0.15, -0.1) is 0 Å². The second-order valence-electron chi connectivity index (χ2n) is 9.35. The maximum Gasteiger partial charge on any atom is 0.472 e. The zero-order chi connectivity index (χ0) is 26.9. The summed E-state index contributed by atoms with van der Waals surface area (Å²) < 4.78 is 31.3. The number of esters is 2. The minimum atomic E-state index is -4.32. The van der Waals surface area contributed by atoms with E-state index in [4.69, 9.17) is 19.7 Å². The summed E-state index contributed by atoms with van der Waals surface area (Å²) in [5, 5.41) is 0. The van der Waals surface area contributed by atoms with Crippen LogP contribution in [0.15, 0.2) is 0 Å². The number of hydrogen-bond acceptors (Lipinski definition) is 8. The van der Waals surface area contributed by atoms with Crippen LogP contribution in [-0.4, -0.2) is 49.3 Å². The maximum atomic E-state index is 12.1. The Morgan fingerprint density at radius 2 is 1.25 bits per heavy atom. The van der Waals surface area contributed by atoms with E-state index in [9.17, 15) is 19.0 Å². The molecule has 0 rings (SSSR count). The highest BCUT2D eigenvalue weighted by Crippen LogP contribution is 2.43. The van der Waals surface area contributed by atoms with Gasteiger partial charge >= 0.3 is 19.8 Å². The average molecular weight is 538 g/mol. The molecule has 0 fully saturated rings. The fourth-order valence-electron chi connectivity index (χ4n) is 3.77. The minimum absolute atomic E-state index is 0.0546. The summed E-state index contributed by atoms with van der Waals surface area (Å²) in [5.41, 5.74) is 5.23. The van der Waals surface area contributed by atoms with Crippen molar-refractivity contribution in [1.82, 2.24) is 0 Å². The summed E-state index contributed by atoms with van der Waals surface area (Å²) in [7, 11) is -4.32. The molecule has 0 aromatic carbocycles. The highest BCUT2D eigenvalue weighted by atomic mass is 31.2. The van der Waals surface area contributed by atoms with Gasteiger partial charge in [-0.25, -0.2) is 4.57 Å². The van der Waals surface area contributed by atoms with E-state index in [2.05, 4.69) is 11.4 Å². The van der Waals surface area contributed by atoms with Gasteiger partial charge < -0.3 is 20.1 Å². The number of nitrogens with two attached hydrogens (primary N) is 1. The fraction of sp³-hybridized carbons (Fsp3) is 0.923. The van der Waals surface area contributed by atoms with Gasteiger partial charge in [-0.1, -0.05) is 103 Å². The summed E-state index contributed by atoms with van der Waals surface area (Å²) in [4.78, 5) is 32.8. The Bertz CT molecular complexity index is 590. The van der Waals surface area contributed by atoms with Gasteiger partial charge in [0.15, 0.2) is 6.10 Å². The first-order chi connectivity index (χ1) is 17.3. The highest BCUT2D eigenvalue weighted by Gasteiger charge is 2.25. The molecule has 0 radical (unpaired) electrons. The van der Waals surface area contributed by atoms with Gasteiger partial charge in [0.1, 0.15) is 6.61 Å². The molecule has 0 aromatic heterocycles. The second kappa shape index (κ2) is 24.4. The molecule has 3 N–H and O–H groups in total. The van der Waals surface area contributed by atoms with Gasteiger partial charge in [-0.05, 0) is 6.42 Å². The molecule has 0 heterocycles. The number of hydrogen-bond donors (Lipinski definition) is 2. The van der Waals surface area contributed by atoms with Crippen molar-refractivity contribution in [1.29, 1.82) is 0 Å². The molecule has 0 aromatic rings. The molecule has 0 saturated heterocycles. The van der Waals surface area contributed by atoms with Gasteiger partial charge in [-0.2, -0.15) is 0 Å². The third-order valence-corrected chi connectivity index (χ3v) is 6.79. The Kier molecular flexibility index (Phi) is 23.7. The number of ether oxygens (including phenoxy) is 2. The van der Waals surface area contributed by atoms with Crippen molar-refractivity contribution >= 4 is 19.8 Å². The number of carbonyl (C=O) groups excluding carboxylic acids is 2. The first kappa shape index (κ1) is 35.0. The molecule has 0 bridgehead atoms. The Balaban J connectivity index is 3.81. The predicted octanol–water partition coefficient (Wildman–Crippen LogP) is 6.21. The normalized spacial score (nSPS) is 13.8. The van der Waals surface area contributed by atoms with Crippen LogP contribution in [0, 0.1) is 0 Å². The van der Waals surface area contributed by atoms with E-state index in [1.165, 1.54) is 90.4 Å². The van der Waals surface area contributed by atoms with Gasteiger partial charge in [0, 0.05) is 19.9 Å². The SMILES string of the molecule is CCCCCCCCCCCCCCCCCCC(=O)OC(COC(C)=O)COP(=O)(O)OCCN. The molecule has 0 amide bonds. The Morgan fingerprint density at radius 3 is 1.69 bits per heavy atom. The van der Waals surface area contributed by atoms with Crippen LogP contribution in [-0.2, 0) is 32.7 Å². The molecular formula is C26H52NO8P. The van der Waals surface area contributed by atoms with Crippen molar-refractivity contribution in [3.63, 3.8) is 0 Å². The van der Waals surface area contributed by atoms with E-state index in [-0.39, 0.29) is 26.2 Å². The molecule has 9 nitrogen and oxygen atoms in total. The maximum absolute atomic E-state index is 12.1. The van der Waals surface area contributed by atoms with Crippen LogP contribution in [0.2, 0.25) is 0 Å². The van der Waals surface area contributed by atoms with Gasteiger partial charge in [0.2, 0.25) is 0 Å². The largest absolute Gasteiger partial charge is 0.472 e. The lowest BCUT2D eigenvalue weighted by molar-refractivity contribution is -0.160. The minimum Gasteiger partial charge on any atom is -0.462 e. The van der Waals surface area contributed by atoms with E-state index >= 15 is 0 Å². The smallest absolute Gasteiger partial charge is 0.462 e. The molecule has 10 heteroatoms. The topological polar surface area (TPSA) is 134 Å². The van der Waals surface area contributed by atoms with Crippen molar-refractivity contribution in [2.24, 2.45) is 5.73 Å². The first-order valence-corrected chi connectivity index (χ1v) is 15.4. The standard InChI is InChI=1S/C26H52NO8P/c1-3-4-5-6-7-8-9-10-11-12-13-14-15-16-17-18-19-26(29)35-25(22-32-24(2)28)23-34-36(30,31)33-21-20-27/h25H,3-23,27H2,1-2H3,(H,30,31). The molecule has 36 heavy (non-hydrogen) atoms. The highest BCUT2D eigenvalue weighted by molar-refractivity contribution is 7.47. The number of phosphoric ester groups is 1. The van der Waals surface area contributed by atoms with E-state index < -0.39 is 32.5 Å². The predicted molar refractivity (Wildman–Crippen MR) is 141 cm³/mol. The molecule has 214 valence electrons. The monoisotopic (exact) mass is 537 g/mol. The number of unbranched alkanes of at least 4 members (excludes halogenated alkanes) is 15. The van der Waals surface area contributed by atoms with Crippen molar-refractivity contribution in [2.75, 3.05) is 26.4 Å².